The van der Waals surface area contributed by atoms with E-state index in [9.17, 15) is 9.18 Å². The Morgan fingerprint density at radius 3 is 2.68 bits per heavy atom. The van der Waals surface area contributed by atoms with Crippen molar-refractivity contribution in [2.24, 2.45) is 0 Å². The summed E-state index contributed by atoms with van der Waals surface area (Å²) in [6.07, 6.45) is 6.67. The molecule has 22 heavy (non-hydrogen) atoms. The number of aldehydes is 1. The minimum absolute atomic E-state index is 0.286. The van der Waals surface area contributed by atoms with Crippen LogP contribution in [0.1, 0.15) is 18.1 Å². The van der Waals surface area contributed by atoms with E-state index < -0.39 is 0 Å². The lowest BCUT2D eigenvalue weighted by Crippen LogP contribution is -2.02. The lowest BCUT2D eigenvalue weighted by molar-refractivity contribution is -0.104. The second-order valence-electron chi connectivity index (χ2n) is 4.93. The van der Waals surface area contributed by atoms with Crippen molar-refractivity contribution in [1.82, 2.24) is 9.61 Å². The van der Waals surface area contributed by atoms with Crippen LogP contribution in [0.25, 0.3) is 22.9 Å². The normalized spacial score (nSPS) is 11.4. The largest absolute Gasteiger partial charge is 0.299 e. The van der Waals surface area contributed by atoms with Gasteiger partial charge in [-0.25, -0.2) is 8.91 Å². The van der Waals surface area contributed by atoms with Crippen molar-refractivity contribution in [3.05, 3.63) is 65.6 Å². The van der Waals surface area contributed by atoms with E-state index in [1.165, 1.54) is 18.2 Å². The van der Waals surface area contributed by atoms with Crippen molar-refractivity contribution in [2.75, 3.05) is 0 Å². The first-order valence-corrected chi connectivity index (χ1v) is 7.12. The Morgan fingerprint density at radius 2 is 2.00 bits per heavy atom. The number of allylic oxidation sites excluding steroid dienone is 1. The Labute approximate surface area is 127 Å². The summed E-state index contributed by atoms with van der Waals surface area (Å²) in [6.45, 7) is 2.06. The minimum atomic E-state index is -0.286. The quantitative estimate of drug-likeness (QED) is 0.540. The molecule has 0 saturated carbocycles. The maximum Gasteiger partial charge on any atom is 0.142 e. The number of carbonyl (C=O) groups excluding carboxylic acids is 1. The fourth-order valence-corrected chi connectivity index (χ4v) is 2.65. The molecule has 0 aliphatic carbocycles. The second kappa shape index (κ2) is 5.93. The zero-order valence-electron chi connectivity index (χ0n) is 12.2. The molecule has 3 rings (SSSR count). The molecule has 0 atom stereocenters. The van der Waals surface area contributed by atoms with E-state index in [0.717, 1.165) is 40.6 Å². The van der Waals surface area contributed by atoms with E-state index in [1.54, 1.807) is 18.2 Å². The van der Waals surface area contributed by atoms with E-state index in [1.807, 2.05) is 22.8 Å². The molecule has 0 bridgehead atoms. The maximum atomic E-state index is 13.2. The summed E-state index contributed by atoms with van der Waals surface area (Å²) < 4.78 is 15.0. The number of nitrogens with zero attached hydrogens (tertiary/aromatic N) is 2. The van der Waals surface area contributed by atoms with Crippen molar-refractivity contribution in [2.45, 2.75) is 13.3 Å². The fourth-order valence-electron chi connectivity index (χ4n) is 2.65. The number of aryl methyl sites for hydroxylation is 1. The van der Waals surface area contributed by atoms with Gasteiger partial charge in [0.05, 0.1) is 11.2 Å². The Morgan fingerprint density at radius 1 is 1.23 bits per heavy atom. The summed E-state index contributed by atoms with van der Waals surface area (Å²) >= 11 is 0. The predicted octanol–water partition coefficient (Wildman–Crippen LogP) is 3.91. The van der Waals surface area contributed by atoms with Crippen molar-refractivity contribution in [1.29, 1.82) is 0 Å². The first kappa shape index (κ1) is 14.2. The van der Waals surface area contributed by atoms with E-state index in [4.69, 9.17) is 0 Å². The van der Waals surface area contributed by atoms with Crippen LogP contribution in [0.4, 0.5) is 4.39 Å². The fraction of sp³-hybridized carbons (Fsp3) is 0.111. The summed E-state index contributed by atoms with van der Waals surface area (Å²) in [5.41, 5.74) is 4.57. The molecule has 2 heterocycles. The molecule has 110 valence electrons. The number of halogens is 1. The van der Waals surface area contributed by atoms with E-state index >= 15 is 0 Å². The highest BCUT2D eigenvalue weighted by Gasteiger charge is 2.13. The highest BCUT2D eigenvalue weighted by molar-refractivity contribution is 5.83. The van der Waals surface area contributed by atoms with Gasteiger partial charge in [0.15, 0.2) is 0 Å². The third kappa shape index (κ3) is 2.44. The van der Waals surface area contributed by atoms with Crippen molar-refractivity contribution < 1.29 is 9.18 Å². The monoisotopic (exact) mass is 294 g/mol. The second-order valence-corrected chi connectivity index (χ2v) is 4.93. The zero-order chi connectivity index (χ0) is 15.5. The van der Waals surface area contributed by atoms with Crippen molar-refractivity contribution in [3.8, 4) is 11.3 Å². The van der Waals surface area contributed by atoms with Gasteiger partial charge in [-0.3, -0.25) is 4.79 Å². The zero-order valence-corrected chi connectivity index (χ0v) is 12.2. The lowest BCUT2D eigenvalue weighted by Gasteiger charge is -2.13. The van der Waals surface area contributed by atoms with E-state index in [-0.39, 0.29) is 5.82 Å². The average Bonchev–Trinajstić information content (AvgIpc) is 3.00. The van der Waals surface area contributed by atoms with Crippen LogP contribution < -0.4 is 0 Å². The molecule has 2 aromatic heterocycles. The summed E-state index contributed by atoms with van der Waals surface area (Å²) in [7, 11) is 0. The number of benzene rings is 1. The molecule has 0 amide bonds. The molecule has 0 radical (unpaired) electrons. The number of aromatic nitrogens is 2. The van der Waals surface area contributed by atoms with Gasteiger partial charge >= 0.3 is 0 Å². The molecule has 0 spiro atoms. The van der Waals surface area contributed by atoms with E-state index in [2.05, 4.69) is 12.0 Å². The molecular weight excluding hydrogens is 279 g/mol. The van der Waals surface area contributed by atoms with Crippen LogP contribution in [0.3, 0.4) is 0 Å². The molecule has 4 heteroatoms. The molecule has 1 aromatic carbocycles. The van der Waals surface area contributed by atoms with Gasteiger partial charge in [-0.1, -0.05) is 6.92 Å². The van der Waals surface area contributed by atoms with Gasteiger partial charge in [0.2, 0.25) is 0 Å². The molecule has 3 nitrogen and oxygen atoms in total. The first-order chi connectivity index (χ1) is 10.7. The molecular formula is C18H15FN2O. The van der Waals surface area contributed by atoms with Crippen LogP contribution in [-0.2, 0) is 11.2 Å². The minimum Gasteiger partial charge on any atom is -0.299 e. The summed E-state index contributed by atoms with van der Waals surface area (Å²) in [5.74, 6) is -0.286. The third-order valence-corrected chi connectivity index (χ3v) is 3.64. The van der Waals surface area contributed by atoms with Gasteiger partial charge in [0, 0.05) is 17.3 Å². The Balaban J connectivity index is 2.33. The van der Waals surface area contributed by atoms with Gasteiger partial charge < -0.3 is 0 Å². The van der Waals surface area contributed by atoms with Gasteiger partial charge in [-0.05, 0) is 60.5 Å². The van der Waals surface area contributed by atoms with Crippen LogP contribution in [0.2, 0.25) is 0 Å². The van der Waals surface area contributed by atoms with Crippen LogP contribution >= 0.6 is 0 Å². The van der Waals surface area contributed by atoms with Crippen LogP contribution in [0, 0.1) is 5.82 Å². The summed E-state index contributed by atoms with van der Waals surface area (Å²) in [5, 5.41) is 4.62. The molecule has 0 fully saturated rings. The van der Waals surface area contributed by atoms with Crippen LogP contribution in [0.5, 0.6) is 0 Å². The van der Waals surface area contributed by atoms with Gasteiger partial charge in [-0.15, -0.1) is 0 Å². The van der Waals surface area contributed by atoms with Gasteiger partial charge in [-0.2, -0.15) is 5.10 Å². The van der Waals surface area contributed by atoms with Crippen LogP contribution in [0.15, 0.2) is 48.7 Å². The lowest BCUT2D eigenvalue weighted by atomic mass is 9.99. The summed E-state index contributed by atoms with van der Waals surface area (Å²) in [4.78, 5) is 10.7. The standard InChI is InChI=1S/C18H15FN2O/c1-2-15-16(5-4-12-22)18(13-7-9-14(19)10-8-13)20-21-11-3-6-17(15)21/h3-12H,2H2,1H3/b5-4+. The Bertz CT molecular complexity index is 847. The highest BCUT2D eigenvalue weighted by atomic mass is 19.1. The van der Waals surface area contributed by atoms with Crippen molar-refractivity contribution in [3.63, 3.8) is 0 Å². The maximum absolute atomic E-state index is 13.2. The average molecular weight is 294 g/mol. The molecule has 0 aliphatic rings. The molecule has 0 N–H and O–H groups in total. The van der Waals surface area contributed by atoms with Crippen molar-refractivity contribution >= 4 is 17.9 Å². The van der Waals surface area contributed by atoms with Crippen LogP contribution in [-0.4, -0.2) is 15.9 Å². The SMILES string of the molecule is CCc1c(/C=C/C=O)c(-c2ccc(F)cc2)nn2cccc12. The molecule has 0 aliphatic heterocycles. The number of fused-ring (bicyclic) bond motifs is 1. The molecule has 0 saturated heterocycles. The topological polar surface area (TPSA) is 34.4 Å². The molecule has 3 aromatic rings. The van der Waals surface area contributed by atoms with Gasteiger partial charge in [0.25, 0.3) is 0 Å². The number of hydrogen-bond donors (Lipinski definition) is 0. The smallest absolute Gasteiger partial charge is 0.142 e. The number of carbonyl (C=O) groups is 1. The first-order valence-electron chi connectivity index (χ1n) is 7.12. The predicted molar refractivity (Wildman–Crippen MR) is 85.1 cm³/mol. The van der Waals surface area contributed by atoms with E-state index in [0.29, 0.717) is 0 Å². The Kier molecular flexibility index (Phi) is 3.83. The third-order valence-electron chi connectivity index (χ3n) is 3.64. The Hall–Kier alpha value is -2.75. The molecule has 0 unspecified atom stereocenters. The number of hydrogen-bond acceptors (Lipinski definition) is 2. The number of rotatable bonds is 4. The van der Waals surface area contributed by atoms with Gasteiger partial charge in [0.1, 0.15) is 12.1 Å². The highest BCUT2D eigenvalue weighted by Crippen LogP contribution is 2.29. The summed E-state index contributed by atoms with van der Waals surface area (Å²) in [6, 6.07) is 10.2.